The van der Waals surface area contributed by atoms with Crippen molar-refractivity contribution in [2.75, 3.05) is 0 Å². The quantitative estimate of drug-likeness (QED) is 0.708. The third kappa shape index (κ3) is 3.08. The number of carboxylic acids is 1. The maximum absolute atomic E-state index is 10.8. The Morgan fingerprint density at radius 3 is 2.47 bits per heavy atom. The van der Waals surface area contributed by atoms with E-state index >= 15 is 0 Å². The minimum Gasteiger partial charge on any atom is -0.478 e. The zero-order valence-corrected chi connectivity index (χ0v) is 10.2. The molecule has 0 heterocycles. The molecule has 2 nitrogen and oxygen atoms in total. The first-order valence-electron chi connectivity index (χ1n) is 5.74. The number of aliphatic carboxylic acids is 1. The lowest BCUT2D eigenvalue weighted by Gasteiger charge is -2.40. The molecule has 0 aromatic rings. The Balaban J connectivity index is 2.78. The maximum Gasteiger partial charge on any atom is 0.330 e. The van der Waals surface area contributed by atoms with Gasteiger partial charge in [-0.15, -0.1) is 0 Å². The predicted octanol–water partition coefficient (Wildman–Crippen LogP) is 3.48. The minimum absolute atomic E-state index is 0.244. The van der Waals surface area contributed by atoms with Crippen molar-refractivity contribution >= 4 is 5.97 Å². The van der Waals surface area contributed by atoms with Gasteiger partial charge in [-0.1, -0.05) is 33.3 Å². The van der Waals surface area contributed by atoms with E-state index in [1.807, 2.05) is 6.08 Å². The fourth-order valence-electron chi connectivity index (χ4n) is 2.69. The predicted molar refractivity (Wildman–Crippen MR) is 61.7 cm³/mol. The molecule has 0 aromatic carbocycles. The second-order valence-corrected chi connectivity index (χ2v) is 5.64. The van der Waals surface area contributed by atoms with E-state index in [1.165, 1.54) is 12.8 Å². The highest BCUT2D eigenvalue weighted by Gasteiger charge is 2.34. The molecule has 1 aliphatic rings. The molecule has 2 atom stereocenters. The molecule has 0 aliphatic heterocycles. The number of hydrogen-bond donors (Lipinski definition) is 1. The summed E-state index contributed by atoms with van der Waals surface area (Å²) in [5.41, 5.74) is 0.733. The largest absolute Gasteiger partial charge is 0.478 e. The Bertz CT molecular complexity index is 276. The van der Waals surface area contributed by atoms with E-state index in [0.29, 0.717) is 11.5 Å². The summed E-state index contributed by atoms with van der Waals surface area (Å²) in [6.45, 7) is 8.47. The summed E-state index contributed by atoms with van der Waals surface area (Å²) < 4.78 is 0. The summed E-state index contributed by atoms with van der Waals surface area (Å²) in [5, 5.41) is 8.87. The smallest absolute Gasteiger partial charge is 0.330 e. The fourth-order valence-corrected chi connectivity index (χ4v) is 2.69. The van der Waals surface area contributed by atoms with Gasteiger partial charge in [0.1, 0.15) is 0 Å². The molecule has 0 amide bonds. The second kappa shape index (κ2) is 4.38. The molecule has 0 saturated heterocycles. The first-order chi connectivity index (χ1) is 6.83. The van der Waals surface area contributed by atoms with Gasteiger partial charge < -0.3 is 5.11 Å². The van der Waals surface area contributed by atoms with Gasteiger partial charge >= 0.3 is 5.97 Å². The zero-order valence-electron chi connectivity index (χ0n) is 10.2. The van der Waals surface area contributed by atoms with Crippen molar-refractivity contribution in [2.24, 2.45) is 17.3 Å². The monoisotopic (exact) mass is 210 g/mol. The number of rotatable bonds is 2. The first-order valence-corrected chi connectivity index (χ1v) is 5.74. The highest BCUT2D eigenvalue weighted by molar-refractivity contribution is 5.85. The summed E-state index contributed by atoms with van der Waals surface area (Å²) in [6, 6.07) is 0. The van der Waals surface area contributed by atoms with Gasteiger partial charge in [0.25, 0.3) is 0 Å². The van der Waals surface area contributed by atoms with Gasteiger partial charge in [-0.2, -0.15) is 0 Å². The van der Waals surface area contributed by atoms with Crippen molar-refractivity contribution in [3.8, 4) is 0 Å². The number of carbonyl (C=O) groups is 1. The first kappa shape index (κ1) is 12.3. The van der Waals surface area contributed by atoms with E-state index in [9.17, 15) is 4.79 Å². The van der Waals surface area contributed by atoms with Crippen LogP contribution in [0.4, 0.5) is 0 Å². The summed E-state index contributed by atoms with van der Waals surface area (Å²) >= 11 is 0. The van der Waals surface area contributed by atoms with Crippen LogP contribution < -0.4 is 0 Å². The van der Waals surface area contributed by atoms with Gasteiger partial charge in [-0.05, 0) is 37.0 Å². The van der Waals surface area contributed by atoms with Crippen LogP contribution in [0.1, 0.15) is 47.0 Å². The Hall–Kier alpha value is -0.790. The molecular weight excluding hydrogens is 188 g/mol. The van der Waals surface area contributed by atoms with Crippen LogP contribution in [0.15, 0.2) is 11.6 Å². The lowest BCUT2D eigenvalue weighted by atomic mass is 9.65. The fraction of sp³-hybridized carbons (Fsp3) is 0.769. The van der Waals surface area contributed by atoms with Crippen molar-refractivity contribution in [1.29, 1.82) is 0 Å². The summed E-state index contributed by atoms with van der Waals surface area (Å²) in [4.78, 5) is 10.8. The van der Waals surface area contributed by atoms with Gasteiger partial charge in [0.2, 0.25) is 0 Å². The highest BCUT2D eigenvalue weighted by Crippen LogP contribution is 2.44. The van der Waals surface area contributed by atoms with Crippen LogP contribution in [0, 0.1) is 17.3 Å². The van der Waals surface area contributed by atoms with Gasteiger partial charge in [-0.25, -0.2) is 4.79 Å². The van der Waals surface area contributed by atoms with Crippen LogP contribution in [0.3, 0.4) is 0 Å². The normalized spacial score (nSPS) is 31.3. The van der Waals surface area contributed by atoms with Crippen molar-refractivity contribution in [3.63, 3.8) is 0 Å². The van der Waals surface area contributed by atoms with E-state index in [4.69, 9.17) is 5.11 Å². The van der Waals surface area contributed by atoms with Crippen molar-refractivity contribution in [2.45, 2.75) is 47.0 Å². The third-order valence-corrected chi connectivity index (χ3v) is 3.64. The standard InChI is InChI=1S/C13H22O2/c1-9-5-6-11(13(3,4)8-9)7-10(2)12(14)15/h7,9,11H,5-6,8H2,1-4H3,(H,14,15). The average Bonchev–Trinajstić information content (AvgIpc) is 2.08. The lowest BCUT2D eigenvalue weighted by molar-refractivity contribution is -0.132. The number of allylic oxidation sites excluding steroid dienone is 1. The Morgan fingerprint density at radius 1 is 1.40 bits per heavy atom. The average molecular weight is 210 g/mol. The van der Waals surface area contributed by atoms with E-state index in [2.05, 4.69) is 20.8 Å². The van der Waals surface area contributed by atoms with Crippen LogP contribution in [-0.4, -0.2) is 11.1 Å². The highest BCUT2D eigenvalue weighted by atomic mass is 16.4. The van der Waals surface area contributed by atoms with Crippen molar-refractivity contribution in [1.82, 2.24) is 0 Å². The molecule has 1 aliphatic carbocycles. The minimum atomic E-state index is -0.788. The Labute approximate surface area is 92.4 Å². The Morgan fingerprint density at radius 2 is 2.00 bits per heavy atom. The van der Waals surface area contributed by atoms with Gasteiger partial charge in [-0.3, -0.25) is 0 Å². The second-order valence-electron chi connectivity index (χ2n) is 5.64. The van der Waals surface area contributed by atoms with Crippen LogP contribution in [0.2, 0.25) is 0 Å². The molecule has 1 saturated carbocycles. The summed E-state index contributed by atoms with van der Waals surface area (Å²) in [5.74, 6) is 0.406. The molecule has 0 spiro atoms. The molecule has 2 heteroatoms. The van der Waals surface area contributed by atoms with Gasteiger partial charge in [0, 0.05) is 5.57 Å². The Kier molecular flexibility index (Phi) is 3.58. The van der Waals surface area contributed by atoms with E-state index < -0.39 is 5.97 Å². The van der Waals surface area contributed by atoms with Crippen molar-refractivity contribution < 1.29 is 9.90 Å². The molecule has 2 unspecified atom stereocenters. The molecule has 15 heavy (non-hydrogen) atoms. The van der Waals surface area contributed by atoms with Crippen LogP contribution in [0.5, 0.6) is 0 Å². The SMILES string of the molecule is CC(=CC1CCC(C)CC1(C)C)C(=O)O. The van der Waals surface area contributed by atoms with Crippen LogP contribution in [0.25, 0.3) is 0 Å². The lowest BCUT2D eigenvalue weighted by Crippen LogP contribution is -2.30. The molecular formula is C13H22O2. The molecule has 0 aromatic heterocycles. The van der Waals surface area contributed by atoms with Gasteiger partial charge in [0.05, 0.1) is 0 Å². The van der Waals surface area contributed by atoms with Gasteiger partial charge in [0.15, 0.2) is 0 Å². The van der Waals surface area contributed by atoms with Crippen molar-refractivity contribution in [3.05, 3.63) is 11.6 Å². The maximum atomic E-state index is 10.8. The number of carboxylic acid groups (broad SMARTS) is 1. The van der Waals surface area contributed by atoms with E-state index in [0.717, 1.165) is 12.3 Å². The molecule has 86 valence electrons. The molecule has 1 N–H and O–H groups in total. The summed E-state index contributed by atoms with van der Waals surface area (Å²) in [6.07, 6.45) is 5.49. The summed E-state index contributed by atoms with van der Waals surface area (Å²) in [7, 11) is 0. The topological polar surface area (TPSA) is 37.3 Å². The molecule has 0 radical (unpaired) electrons. The number of hydrogen-bond acceptors (Lipinski definition) is 1. The van der Waals surface area contributed by atoms with E-state index in [-0.39, 0.29) is 5.41 Å². The van der Waals surface area contributed by atoms with E-state index in [1.54, 1.807) is 6.92 Å². The molecule has 0 bridgehead atoms. The molecule has 1 fully saturated rings. The van der Waals surface area contributed by atoms with Crippen LogP contribution in [-0.2, 0) is 4.79 Å². The van der Waals surface area contributed by atoms with Crippen LogP contribution >= 0.6 is 0 Å². The zero-order chi connectivity index (χ0) is 11.6. The third-order valence-electron chi connectivity index (χ3n) is 3.64. The molecule has 1 rings (SSSR count).